The largest absolute Gasteiger partial charge is 0.468 e. The van der Waals surface area contributed by atoms with Crippen molar-refractivity contribution >= 4 is 29.5 Å². The fourth-order valence-electron chi connectivity index (χ4n) is 1.51. The number of ether oxygens (including phenoxy) is 1. The molecule has 1 aromatic rings. The number of aromatic nitrogens is 4. The number of hydrogen-bond donors (Lipinski definition) is 0. The number of rotatable bonds is 4. The lowest BCUT2D eigenvalue weighted by atomic mass is 10.4. The number of likely N-dealkylation sites (tertiary alicyclic amines) is 1. The maximum atomic E-state index is 11.7. The fourth-order valence-corrected chi connectivity index (χ4v) is 2.55. The Kier molecular flexibility index (Phi) is 3.79. The minimum absolute atomic E-state index is 0.102. The van der Waals surface area contributed by atoms with Gasteiger partial charge in [0.1, 0.15) is 11.8 Å². The van der Waals surface area contributed by atoms with E-state index in [1.807, 2.05) is 0 Å². The molecule has 0 aliphatic carbocycles. The van der Waals surface area contributed by atoms with Gasteiger partial charge >= 0.3 is 5.97 Å². The van der Waals surface area contributed by atoms with E-state index in [4.69, 9.17) is 0 Å². The maximum absolute atomic E-state index is 11.7. The van der Waals surface area contributed by atoms with Crippen LogP contribution < -0.4 is 0 Å². The lowest BCUT2D eigenvalue weighted by Gasteiger charge is -2.07. The molecule has 1 fully saturated rings. The summed E-state index contributed by atoms with van der Waals surface area (Å²) < 4.78 is 5.74. The molecule has 1 saturated heterocycles. The summed E-state index contributed by atoms with van der Waals surface area (Å²) in [6, 6.07) is 0. The van der Waals surface area contributed by atoms with Crippen molar-refractivity contribution in [1.82, 2.24) is 25.1 Å². The van der Waals surface area contributed by atoms with Gasteiger partial charge in [-0.1, -0.05) is 11.8 Å². The number of hydrogen-bond acceptors (Lipinski definition) is 8. The van der Waals surface area contributed by atoms with Gasteiger partial charge in [-0.25, -0.2) is 4.68 Å². The van der Waals surface area contributed by atoms with E-state index in [2.05, 4.69) is 20.3 Å². The van der Waals surface area contributed by atoms with Crippen molar-refractivity contribution in [3.05, 3.63) is 0 Å². The molecule has 1 unspecified atom stereocenters. The Balaban J connectivity index is 2.08. The van der Waals surface area contributed by atoms with Gasteiger partial charge in [-0.3, -0.25) is 19.3 Å². The zero-order chi connectivity index (χ0) is 14.0. The lowest BCUT2D eigenvalue weighted by Crippen LogP contribution is -2.26. The molecular formula is C9H11N5O4S. The number of methoxy groups -OCH3 is 1. The van der Waals surface area contributed by atoms with Crippen molar-refractivity contribution in [3.63, 3.8) is 0 Å². The van der Waals surface area contributed by atoms with E-state index in [1.165, 1.54) is 18.8 Å². The lowest BCUT2D eigenvalue weighted by molar-refractivity contribution is -0.141. The molecule has 102 valence electrons. The first kappa shape index (κ1) is 13.5. The molecule has 9 nitrogen and oxygen atoms in total. The van der Waals surface area contributed by atoms with Crippen LogP contribution in [0.2, 0.25) is 0 Å². The fraction of sp³-hybridized carbons (Fsp3) is 0.556. The minimum Gasteiger partial charge on any atom is -0.468 e. The van der Waals surface area contributed by atoms with Crippen LogP contribution in [-0.2, 0) is 25.7 Å². The van der Waals surface area contributed by atoms with Crippen molar-refractivity contribution in [2.45, 2.75) is 23.4 Å². The number of tetrazole rings is 1. The average Bonchev–Trinajstić information content (AvgIpc) is 2.91. The van der Waals surface area contributed by atoms with Gasteiger partial charge in [0.25, 0.3) is 0 Å². The number of carbonyl (C=O) groups is 3. The number of esters is 1. The third-order valence-corrected chi connectivity index (χ3v) is 3.75. The number of thioether (sulfide) groups is 1. The van der Waals surface area contributed by atoms with Gasteiger partial charge in [-0.15, -0.1) is 5.10 Å². The minimum atomic E-state index is -0.556. The normalized spacial score (nSPS) is 19.1. The van der Waals surface area contributed by atoms with Crippen LogP contribution in [-0.4, -0.2) is 62.3 Å². The van der Waals surface area contributed by atoms with E-state index in [1.54, 1.807) is 0 Å². The van der Waals surface area contributed by atoms with E-state index in [0.29, 0.717) is 5.16 Å². The average molecular weight is 285 g/mol. The SMILES string of the molecule is COC(=O)Cn1nnnc1SC1CC(=O)N(C)C1=O. The predicted molar refractivity (Wildman–Crippen MR) is 61.9 cm³/mol. The third kappa shape index (κ3) is 2.72. The second-order valence-electron chi connectivity index (χ2n) is 3.80. The van der Waals surface area contributed by atoms with E-state index in [-0.39, 0.29) is 24.8 Å². The molecule has 19 heavy (non-hydrogen) atoms. The molecule has 0 aromatic carbocycles. The molecule has 2 heterocycles. The summed E-state index contributed by atoms with van der Waals surface area (Å²) in [5.74, 6) is -1.03. The van der Waals surface area contributed by atoms with E-state index in [9.17, 15) is 14.4 Å². The highest BCUT2D eigenvalue weighted by Crippen LogP contribution is 2.28. The number of nitrogens with zero attached hydrogens (tertiary/aromatic N) is 5. The van der Waals surface area contributed by atoms with E-state index >= 15 is 0 Å². The highest BCUT2D eigenvalue weighted by Gasteiger charge is 2.37. The molecule has 2 amide bonds. The summed E-state index contributed by atoms with van der Waals surface area (Å²) in [7, 11) is 2.69. The second-order valence-corrected chi connectivity index (χ2v) is 4.97. The summed E-state index contributed by atoms with van der Waals surface area (Å²) in [5, 5.41) is 10.5. The van der Waals surface area contributed by atoms with Crippen molar-refractivity contribution < 1.29 is 19.1 Å². The third-order valence-electron chi connectivity index (χ3n) is 2.59. The van der Waals surface area contributed by atoms with Crippen molar-refractivity contribution in [2.24, 2.45) is 0 Å². The first-order chi connectivity index (χ1) is 9.02. The van der Waals surface area contributed by atoms with Gasteiger partial charge in [-0.05, 0) is 10.4 Å². The Hall–Kier alpha value is -1.97. The Morgan fingerprint density at radius 1 is 1.53 bits per heavy atom. The Morgan fingerprint density at radius 3 is 2.84 bits per heavy atom. The Morgan fingerprint density at radius 2 is 2.26 bits per heavy atom. The number of amides is 2. The van der Waals surface area contributed by atoms with Gasteiger partial charge in [0.2, 0.25) is 17.0 Å². The topological polar surface area (TPSA) is 107 Å². The molecule has 1 aliphatic heterocycles. The highest BCUT2D eigenvalue weighted by atomic mass is 32.2. The molecule has 0 saturated carbocycles. The van der Waals surface area contributed by atoms with Crippen LogP contribution in [0.15, 0.2) is 5.16 Å². The highest BCUT2D eigenvalue weighted by molar-refractivity contribution is 8.00. The Bertz CT molecular complexity index is 530. The monoisotopic (exact) mass is 285 g/mol. The first-order valence-corrected chi connectivity index (χ1v) is 6.21. The predicted octanol–water partition coefficient (Wildman–Crippen LogP) is -1.30. The molecule has 1 aliphatic rings. The summed E-state index contributed by atoms with van der Waals surface area (Å²) in [6.45, 7) is -0.142. The van der Waals surface area contributed by atoms with Crippen molar-refractivity contribution in [3.8, 4) is 0 Å². The second kappa shape index (κ2) is 5.34. The molecule has 1 atom stereocenters. The number of imide groups is 1. The van der Waals surface area contributed by atoms with Gasteiger partial charge in [0.05, 0.1) is 7.11 Å². The molecule has 0 spiro atoms. The smallest absolute Gasteiger partial charge is 0.327 e. The van der Waals surface area contributed by atoms with Gasteiger partial charge < -0.3 is 4.74 Å². The summed E-state index contributed by atoms with van der Waals surface area (Å²) in [5.41, 5.74) is 0. The van der Waals surface area contributed by atoms with Gasteiger partial charge in [-0.2, -0.15) is 0 Å². The van der Waals surface area contributed by atoms with Crippen molar-refractivity contribution in [2.75, 3.05) is 14.2 Å². The maximum Gasteiger partial charge on any atom is 0.327 e. The van der Waals surface area contributed by atoms with Crippen LogP contribution in [0.1, 0.15) is 6.42 Å². The van der Waals surface area contributed by atoms with Crippen LogP contribution in [0.3, 0.4) is 0 Å². The molecule has 0 radical (unpaired) electrons. The first-order valence-electron chi connectivity index (χ1n) is 5.33. The quantitative estimate of drug-likeness (QED) is 0.496. The van der Waals surface area contributed by atoms with Crippen LogP contribution >= 0.6 is 11.8 Å². The van der Waals surface area contributed by atoms with Gasteiger partial charge in [0, 0.05) is 13.5 Å². The summed E-state index contributed by atoms with van der Waals surface area (Å²) in [6.07, 6.45) is 0.102. The van der Waals surface area contributed by atoms with Crippen LogP contribution in [0.4, 0.5) is 0 Å². The standard InChI is InChI=1S/C9H11N5O4S/c1-13-6(15)3-5(8(13)17)19-9-10-11-12-14(9)4-7(16)18-2/h5H,3-4H2,1-2H3. The van der Waals surface area contributed by atoms with Gasteiger partial charge in [0.15, 0.2) is 0 Å². The summed E-state index contributed by atoms with van der Waals surface area (Å²) >= 11 is 1.06. The van der Waals surface area contributed by atoms with Crippen molar-refractivity contribution in [1.29, 1.82) is 0 Å². The number of carbonyl (C=O) groups excluding carboxylic acids is 3. The Labute approximate surface area is 112 Å². The molecule has 1 aromatic heterocycles. The zero-order valence-corrected chi connectivity index (χ0v) is 11.1. The van der Waals surface area contributed by atoms with E-state index < -0.39 is 11.2 Å². The van der Waals surface area contributed by atoms with Crippen LogP contribution in [0.25, 0.3) is 0 Å². The molecule has 2 rings (SSSR count). The summed E-state index contributed by atoms with van der Waals surface area (Å²) in [4.78, 5) is 35.4. The zero-order valence-electron chi connectivity index (χ0n) is 10.3. The van der Waals surface area contributed by atoms with E-state index in [0.717, 1.165) is 16.7 Å². The molecule has 10 heteroatoms. The molecule has 0 N–H and O–H groups in total. The van der Waals surface area contributed by atoms with Crippen LogP contribution in [0.5, 0.6) is 0 Å². The molecule has 0 bridgehead atoms. The molecular weight excluding hydrogens is 274 g/mol. The van der Waals surface area contributed by atoms with Crippen LogP contribution in [0, 0.1) is 0 Å².